The van der Waals surface area contributed by atoms with Crippen LogP contribution in [-0.4, -0.2) is 31.2 Å². The van der Waals surface area contributed by atoms with Crippen molar-refractivity contribution in [3.05, 3.63) is 89.6 Å². The molecule has 0 saturated heterocycles. The van der Waals surface area contributed by atoms with Crippen molar-refractivity contribution in [3.8, 4) is 5.75 Å². The van der Waals surface area contributed by atoms with Crippen LogP contribution in [-0.2, 0) is 16.6 Å². The molecule has 8 heteroatoms. The van der Waals surface area contributed by atoms with Crippen molar-refractivity contribution in [1.29, 1.82) is 0 Å². The fourth-order valence-electron chi connectivity index (χ4n) is 3.33. The highest BCUT2D eigenvalue weighted by atomic mass is 32.2. The summed E-state index contributed by atoms with van der Waals surface area (Å²) in [5, 5.41) is 5.01. The minimum Gasteiger partial charge on any atom is -0.497 e. The third-order valence-electron chi connectivity index (χ3n) is 4.89. The average molecular weight is 436 g/mol. The van der Waals surface area contributed by atoms with Gasteiger partial charge in [-0.25, -0.2) is 13.1 Å². The molecule has 0 unspecified atom stereocenters. The van der Waals surface area contributed by atoms with Gasteiger partial charge in [0.15, 0.2) is 5.69 Å². The molecule has 4 aromatic rings. The van der Waals surface area contributed by atoms with Crippen LogP contribution in [0.25, 0.3) is 10.9 Å². The number of aryl methyl sites for hydroxylation is 1. The minimum absolute atomic E-state index is 0.0304. The second kappa shape index (κ2) is 8.23. The minimum atomic E-state index is -4.02. The molecular weight excluding hydrogens is 414 g/mol. The van der Waals surface area contributed by atoms with Gasteiger partial charge < -0.3 is 4.74 Å². The summed E-state index contributed by atoms with van der Waals surface area (Å²) in [5.74, 6) is -0.0262. The number of amides is 1. The Morgan fingerprint density at radius 3 is 2.48 bits per heavy atom. The van der Waals surface area contributed by atoms with E-state index < -0.39 is 15.9 Å². The van der Waals surface area contributed by atoms with E-state index >= 15 is 0 Å². The Balaban J connectivity index is 1.66. The molecule has 0 aliphatic carbocycles. The molecule has 0 radical (unpaired) electrons. The zero-order chi connectivity index (χ0) is 22.0. The predicted molar refractivity (Wildman–Crippen MR) is 118 cm³/mol. The van der Waals surface area contributed by atoms with Gasteiger partial charge >= 0.3 is 0 Å². The van der Waals surface area contributed by atoms with Gasteiger partial charge in [-0.3, -0.25) is 9.48 Å². The molecule has 1 aromatic heterocycles. The van der Waals surface area contributed by atoms with Crippen molar-refractivity contribution in [3.63, 3.8) is 0 Å². The van der Waals surface area contributed by atoms with E-state index in [2.05, 4.69) is 9.82 Å². The molecule has 7 nitrogen and oxygen atoms in total. The van der Waals surface area contributed by atoms with E-state index in [0.29, 0.717) is 11.9 Å². The van der Waals surface area contributed by atoms with E-state index in [1.807, 2.05) is 36.4 Å². The first kappa shape index (κ1) is 20.6. The number of aromatic nitrogens is 2. The van der Waals surface area contributed by atoms with E-state index in [-0.39, 0.29) is 10.6 Å². The Bertz CT molecular complexity index is 1360. The van der Waals surface area contributed by atoms with Gasteiger partial charge in [-0.05, 0) is 48.4 Å². The lowest BCUT2D eigenvalue weighted by Gasteiger charge is -2.06. The lowest BCUT2D eigenvalue weighted by molar-refractivity contribution is 0.0977. The maximum absolute atomic E-state index is 12.9. The number of ether oxygens (including phenoxy) is 1. The second-order valence-corrected chi connectivity index (χ2v) is 8.81. The van der Waals surface area contributed by atoms with Crippen LogP contribution in [0.15, 0.2) is 77.7 Å². The topological polar surface area (TPSA) is 90.3 Å². The molecule has 4 rings (SSSR count). The first-order valence-corrected chi connectivity index (χ1v) is 11.1. The van der Waals surface area contributed by atoms with Gasteiger partial charge in [0.25, 0.3) is 15.9 Å². The van der Waals surface area contributed by atoms with E-state index in [9.17, 15) is 13.2 Å². The van der Waals surface area contributed by atoms with Crippen LogP contribution in [0.5, 0.6) is 5.75 Å². The summed E-state index contributed by atoms with van der Waals surface area (Å²) in [6, 6.07) is 21.1. The summed E-state index contributed by atoms with van der Waals surface area (Å²) >= 11 is 0. The fraction of sp³-hybridized carbons (Fsp3) is 0.130. The number of methoxy groups -OCH3 is 1. The van der Waals surface area contributed by atoms with Crippen LogP contribution in [0, 0.1) is 6.92 Å². The number of carbonyl (C=O) groups excluding carboxylic acids is 1. The molecule has 1 amide bonds. The van der Waals surface area contributed by atoms with Crippen molar-refractivity contribution >= 4 is 26.8 Å². The predicted octanol–water partition coefficient (Wildman–Crippen LogP) is 3.52. The molecule has 3 aromatic carbocycles. The van der Waals surface area contributed by atoms with Crippen LogP contribution in [0.4, 0.5) is 0 Å². The van der Waals surface area contributed by atoms with Gasteiger partial charge in [0.2, 0.25) is 0 Å². The molecule has 31 heavy (non-hydrogen) atoms. The maximum atomic E-state index is 12.9. The molecule has 1 N–H and O–H groups in total. The summed E-state index contributed by atoms with van der Waals surface area (Å²) < 4.78 is 34.4. The SMILES string of the molecule is COc1ccc(Cn2nc(C(=O)NS(=O)(=O)c3cccc(C)c3)c3ccccc32)cc1. The summed E-state index contributed by atoms with van der Waals surface area (Å²) in [4.78, 5) is 12.9. The molecule has 0 spiro atoms. The largest absolute Gasteiger partial charge is 0.497 e. The highest BCUT2D eigenvalue weighted by Gasteiger charge is 2.23. The summed E-state index contributed by atoms with van der Waals surface area (Å²) in [7, 11) is -2.42. The zero-order valence-corrected chi connectivity index (χ0v) is 17.9. The van der Waals surface area contributed by atoms with Crippen molar-refractivity contribution in [2.24, 2.45) is 0 Å². The number of fused-ring (bicyclic) bond motifs is 1. The number of nitrogens with zero attached hydrogens (tertiary/aromatic N) is 2. The number of benzene rings is 3. The highest BCUT2D eigenvalue weighted by Crippen LogP contribution is 2.21. The number of hydrogen-bond donors (Lipinski definition) is 1. The Hall–Kier alpha value is -3.65. The Kier molecular flexibility index (Phi) is 5.48. The first-order chi connectivity index (χ1) is 14.9. The normalized spacial score (nSPS) is 11.4. The van der Waals surface area contributed by atoms with Gasteiger partial charge in [0.05, 0.1) is 24.1 Å². The van der Waals surface area contributed by atoms with Crippen LogP contribution < -0.4 is 9.46 Å². The van der Waals surface area contributed by atoms with Crippen LogP contribution >= 0.6 is 0 Å². The molecule has 0 aliphatic heterocycles. The quantitative estimate of drug-likeness (QED) is 0.500. The molecule has 0 bridgehead atoms. The highest BCUT2D eigenvalue weighted by molar-refractivity contribution is 7.90. The Morgan fingerprint density at radius 2 is 1.77 bits per heavy atom. The molecular formula is C23H21N3O4S. The standard InChI is InChI=1S/C23H21N3O4S/c1-16-6-5-7-19(14-16)31(28,29)25-23(27)22-20-8-3-4-9-21(20)26(24-22)15-17-10-12-18(30-2)13-11-17/h3-14H,15H2,1-2H3,(H,25,27). The molecule has 1 heterocycles. The average Bonchev–Trinajstić information content (AvgIpc) is 3.13. The number of hydrogen-bond acceptors (Lipinski definition) is 5. The van der Waals surface area contributed by atoms with Gasteiger partial charge in [-0.1, -0.05) is 42.5 Å². The summed E-state index contributed by atoms with van der Waals surface area (Å²) in [6.07, 6.45) is 0. The first-order valence-electron chi connectivity index (χ1n) is 9.60. The number of para-hydroxylation sites is 1. The maximum Gasteiger partial charge on any atom is 0.286 e. The van der Waals surface area contributed by atoms with E-state index in [1.54, 1.807) is 43.0 Å². The van der Waals surface area contributed by atoms with Crippen LogP contribution in [0.1, 0.15) is 21.6 Å². The van der Waals surface area contributed by atoms with Crippen molar-refractivity contribution in [1.82, 2.24) is 14.5 Å². The number of nitrogens with one attached hydrogen (secondary N) is 1. The van der Waals surface area contributed by atoms with Gasteiger partial charge in [0, 0.05) is 5.39 Å². The van der Waals surface area contributed by atoms with E-state index in [0.717, 1.165) is 22.4 Å². The lowest BCUT2D eigenvalue weighted by Crippen LogP contribution is -2.31. The van der Waals surface area contributed by atoms with E-state index in [1.165, 1.54) is 12.1 Å². The molecule has 0 saturated carbocycles. The Labute approximate surface area is 180 Å². The smallest absolute Gasteiger partial charge is 0.286 e. The molecule has 0 fully saturated rings. The number of sulfonamides is 1. The van der Waals surface area contributed by atoms with Gasteiger partial charge in [0.1, 0.15) is 5.75 Å². The summed E-state index contributed by atoms with van der Waals surface area (Å²) in [5.41, 5.74) is 2.54. The van der Waals surface area contributed by atoms with Gasteiger partial charge in [-0.15, -0.1) is 0 Å². The van der Waals surface area contributed by atoms with Crippen molar-refractivity contribution < 1.29 is 17.9 Å². The van der Waals surface area contributed by atoms with Crippen molar-refractivity contribution in [2.75, 3.05) is 7.11 Å². The Morgan fingerprint density at radius 1 is 1.03 bits per heavy atom. The fourth-order valence-corrected chi connectivity index (χ4v) is 4.39. The second-order valence-electron chi connectivity index (χ2n) is 7.12. The monoisotopic (exact) mass is 435 g/mol. The number of rotatable bonds is 6. The molecule has 0 aliphatic rings. The third kappa shape index (κ3) is 4.29. The third-order valence-corrected chi connectivity index (χ3v) is 6.22. The zero-order valence-electron chi connectivity index (χ0n) is 17.1. The van der Waals surface area contributed by atoms with Gasteiger partial charge in [-0.2, -0.15) is 5.10 Å². The summed E-state index contributed by atoms with van der Waals surface area (Å²) in [6.45, 7) is 2.21. The van der Waals surface area contributed by atoms with E-state index in [4.69, 9.17) is 4.74 Å². The van der Waals surface area contributed by atoms with Crippen LogP contribution in [0.3, 0.4) is 0 Å². The van der Waals surface area contributed by atoms with Crippen molar-refractivity contribution in [2.45, 2.75) is 18.4 Å². The van der Waals surface area contributed by atoms with Crippen LogP contribution in [0.2, 0.25) is 0 Å². The molecule has 158 valence electrons. The lowest BCUT2D eigenvalue weighted by atomic mass is 10.2. The molecule has 0 atom stereocenters. The number of carbonyl (C=O) groups is 1.